The highest BCUT2D eigenvalue weighted by Crippen LogP contribution is 2.61. The molecule has 3 atom stereocenters. The SMILES string of the molecule is CCCOCC[C@@]12CCC[C@H]1[C@@H]1CCC3=CC(=O)CCC3=C1CC2. The van der Waals surface area contributed by atoms with Gasteiger partial charge in [-0.2, -0.15) is 0 Å². The highest BCUT2D eigenvalue weighted by molar-refractivity contribution is 5.93. The number of rotatable bonds is 5. The van der Waals surface area contributed by atoms with E-state index < -0.39 is 0 Å². The predicted molar refractivity (Wildman–Crippen MR) is 96.8 cm³/mol. The molecule has 0 saturated heterocycles. The van der Waals surface area contributed by atoms with Gasteiger partial charge in [0.25, 0.3) is 0 Å². The molecule has 0 aromatic heterocycles. The molecule has 2 saturated carbocycles. The van der Waals surface area contributed by atoms with Gasteiger partial charge in [0.2, 0.25) is 0 Å². The monoisotopic (exact) mass is 328 g/mol. The second-order valence-electron chi connectivity index (χ2n) is 8.51. The second-order valence-corrected chi connectivity index (χ2v) is 8.51. The second kappa shape index (κ2) is 6.78. The zero-order valence-corrected chi connectivity index (χ0v) is 15.2. The van der Waals surface area contributed by atoms with E-state index in [0.717, 1.165) is 50.7 Å². The Morgan fingerprint density at radius 2 is 2.04 bits per heavy atom. The predicted octanol–water partition coefficient (Wildman–Crippen LogP) is 5.38. The van der Waals surface area contributed by atoms with E-state index in [1.54, 1.807) is 11.1 Å². The number of allylic oxidation sites excluding steroid dienone is 4. The lowest BCUT2D eigenvalue weighted by molar-refractivity contribution is -0.114. The molecule has 0 aromatic rings. The van der Waals surface area contributed by atoms with Crippen LogP contribution in [0.3, 0.4) is 0 Å². The number of hydrogen-bond acceptors (Lipinski definition) is 2. The van der Waals surface area contributed by atoms with Gasteiger partial charge in [0.15, 0.2) is 5.78 Å². The molecule has 4 aliphatic carbocycles. The van der Waals surface area contributed by atoms with E-state index in [0.29, 0.717) is 11.2 Å². The Hall–Kier alpha value is -0.890. The molecular formula is C22H32O2. The molecule has 4 rings (SSSR count). The summed E-state index contributed by atoms with van der Waals surface area (Å²) < 4.78 is 5.86. The summed E-state index contributed by atoms with van der Waals surface area (Å²) in [7, 11) is 0. The van der Waals surface area contributed by atoms with E-state index in [-0.39, 0.29) is 0 Å². The number of fused-ring (bicyclic) bond motifs is 4. The van der Waals surface area contributed by atoms with Crippen LogP contribution in [0.2, 0.25) is 0 Å². The number of carbonyl (C=O) groups is 1. The smallest absolute Gasteiger partial charge is 0.156 e. The summed E-state index contributed by atoms with van der Waals surface area (Å²) in [6, 6.07) is 0. The topological polar surface area (TPSA) is 26.3 Å². The molecule has 24 heavy (non-hydrogen) atoms. The van der Waals surface area contributed by atoms with Crippen LogP contribution >= 0.6 is 0 Å². The lowest BCUT2D eigenvalue weighted by Crippen LogP contribution is -2.39. The summed E-state index contributed by atoms with van der Waals surface area (Å²) in [5.74, 6) is 2.05. The van der Waals surface area contributed by atoms with Crippen molar-refractivity contribution in [1.82, 2.24) is 0 Å². The zero-order chi connectivity index (χ0) is 16.6. The van der Waals surface area contributed by atoms with Crippen molar-refractivity contribution < 1.29 is 9.53 Å². The van der Waals surface area contributed by atoms with Crippen molar-refractivity contribution >= 4 is 5.78 Å². The van der Waals surface area contributed by atoms with Crippen molar-refractivity contribution in [1.29, 1.82) is 0 Å². The lowest BCUT2D eigenvalue weighted by Gasteiger charge is -2.49. The maximum Gasteiger partial charge on any atom is 0.156 e. The van der Waals surface area contributed by atoms with Crippen molar-refractivity contribution in [2.45, 2.75) is 77.6 Å². The fraction of sp³-hybridized carbons (Fsp3) is 0.773. The molecule has 0 heterocycles. The van der Waals surface area contributed by atoms with Crippen LogP contribution in [0.1, 0.15) is 77.6 Å². The molecule has 2 nitrogen and oxygen atoms in total. The summed E-state index contributed by atoms with van der Waals surface area (Å²) in [6.07, 6.45) is 15.5. The Bertz CT molecular complexity index is 571. The van der Waals surface area contributed by atoms with Crippen LogP contribution in [-0.4, -0.2) is 19.0 Å². The molecule has 0 aromatic carbocycles. The molecule has 0 spiro atoms. The van der Waals surface area contributed by atoms with Crippen LogP contribution in [0, 0.1) is 17.3 Å². The molecule has 4 aliphatic rings. The third-order valence-electron chi connectivity index (χ3n) is 7.35. The van der Waals surface area contributed by atoms with Crippen molar-refractivity contribution in [3.63, 3.8) is 0 Å². The molecule has 132 valence electrons. The Morgan fingerprint density at radius 3 is 2.92 bits per heavy atom. The van der Waals surface area contributed by atoms with E-state index >= 15 is 0 Å². The quantitative estimate of drug-likeness (QED) is 0.633. The van der Waals surface area contributed by atoms with Crippen LogP contribution in [-0.2, 0) is 9.53 Å². The number of carbonyl (C=O) groups excluding carboxylic acids is 1. The first-order valence-corrected chi connectivity index (χ1v) is 10.3. The number of ether oxygens (including phenoxy) is 1. The van der Waals surface area contributed by atoms with Crippen LogP contribution in [0.25, 0.3) is 0 Å². The number of hydrogen-bond donors (Lipinski definition) is 0. The first-order valence-electron chi connectivity index (χ1n) is 10.3. The molecule has 0 bridgehead atoms. The van der Waals surface area contributed by atoms with Crippen molar-refractivity contribution in [3.8, 4) is 0 Å². The summed E-state index contributed by atoms with van der Waals surface area (Å²) in [4.78, 5) is 11.8. The van der Waals surface area contributed by atoms with E-state index in [4.69, 9.17) is 4.74 Å². The van der Waals surface area contributed by atoms with E-state index in [1.165, 1.54) is 50.5 Å². The Kier molecular flexibility index (Phi) is 4.68. The third kappa shape index (κ3) is 2.81. The standard InChI is InChI=1S/C22H32O2/c1-2-13-24-14-12-22-10-3-4-21(22)20-7-5-16-15-17(23)6-8-18(16)19(20)9-11-22/h15,20-21H,2-14H2,1H3/t20-,21+,22+/m1/s1. The zero-order valence-electron chi connectivity index (χ0n) is 15.2. The third-order valence-corrected chi connectivity index (χ3v) is 7.35. The van der Waals surface area contributed by atoms with Crippen LogP contribution in [0.5, 0.6) is 0 Å². The highest BCUT2D eigenvalue weighted by atomic mass is 16.5. The summed E-state index contributed by atoms with van der Waals surface area (Å²) >= 11 is 0. The minimum atomic E-state index is 0.354. The minimum absolute atomic E-state index is 0.354. The van der Waals surface area contributed by atoms with Crippen LogP contribution in [0.15, 0.2) is 22.8 Å². The first-order chi connectivity index (χ1) is 11.7. The Labute approximate surface area is 146 Å². The van der Waals surface area contributed by atoms with Gasteiger partial charge in [-0.1, -0.05) is 18.9 Å². The average molecular weight is 328 g/mol. The summed E-state index contributed by atoms with van der Waals surface area (Å²) in [6.45, 7) is 4.07. The fourth-order valence-electron chi connectivity index (χ4n) is 6.29. The van der Waals surface area contributed by atoms with Crippen molar-refractivity contribution in [2.24, 2.45) is 17.3 Å². The van der Waals surface area contributed by atoms with Crippen molar-refractivity contribution in [3.05, 3.63) is 22.8 Å². The maximum absolute atomic E-state index is 11.8. The van der Waals surface area contributed by atoms with E-state index in [2.05, 4.69) is 6.92 Å². The van der Waals surface area contributed by atoms with E-state index in [9.17, 15) is 4.79 Å². The minimum Gasteiger partial charge on any atom is -0.381 e. The van der Waals surface area contributed by atoms with E-state index in [1.807, 2.05) is 6.08 Å². The van der Waals surface area contributed by atoms with Gasteiger partial charge in [0, 0.05) is 19.6 Å². The summed E-state index contributed by atoms with van der Waals surface area (Å²) in [5, 5.41) is 0. The molecule has 0 amide bonds. The van der Waals surface area contributed by atoms with Gasteiger partial charge < -0.3 is 4.74 Å². The molecule has 0 unspecified atom stereocenters. The Balaban J connectivity index is 1.55. The fourth-order valence-corrected chi connectivity index (χ4v) is 6.29. The normalized spacial score (nSPS) is 35.4. The van der Waals surface area contributed by atoms with Crippen LogP contribution < -0.4 is 0 Å². The summed E-state index contributed by atoms with van der Waals surface area (Å²) in [5.41, 5.74) is 5.33. The first kappa shape index (κ1) is 16.6. The lowest BCUT2D eigenvalue weighted by atomic mass is 9.56. The molecule has 2 fully saturated rings. The van der Waals surface area contributed by atoms with Gasteiger partial charge in [-0.05, 0) is 92.3 Å². The molecule has 0 aliphatic heterocycles. The Morgan fingerprint density at radius 1 is 1.12 bits per heavy atom. The largest absolute Gasteiger partial charge is 0.381 e. The van der Waals surface area contributed by atoms with Gasteiger partial charge >= 0.3 is 0 Å². The van der Waals surface area contributed by atoms with Crippen LogP contribution in [0.4, 0.5) is 0 Å². The molecule has 0 radical (unpaired) electrons. The molecular weight excluding hydrogens is 296 g/mol. The maximum atomic E-state index is 11.8. The van der Waals surface area contributed by atoms with Gasteiger partial charge in [0.1, 0.15) is 0 Å². The van der Waals surface area contributed by atoms with Gasteiger partial charge in [-0.15, -0.1) is 0 Å². The van der Waals surface area contributed by atoms with Crippen molar-refractivity contribution in [2.75, 3.05) is 13.2 Å². The number of ketones is 1. The van der Waals surface area contributed by atoms with Gasteiger partial charge in [0.05, 0.1) is 0 Å². The molecule has 0 N–H and O–H groups in total. The highest BCUT2D eigenvalue weighted by Gasteiger charge is 2.50. The average Bonchev–Trinajstić information content (AvgIpc) is 3.02. The molecule has 2 heteroatoms. The van der Waals surface area contributed by atoms with Gasteiger partial charge in [-0.3, -0.25) is 4.79 Å². The van der Waals surface area contributed by atoms with Gasteiger partial charge in [-0.25, -0.2) is 0 Å².